The largest absolute Gasteiger partial charge is 0.490 e. The van der Waals surface area contributed by atoms with Gasteiger partial charge in [0.25, 0.3) is 11.1 Å². The summed E-state index contributed by atoms with van der Waals surface area (Å²) in [6.45, 7) is 1.87. The van der Waals surface area contributed by atoms with Gasteiger partial charge in [0, 0.05) is 6.07 Å². The number of ether oxygens (including phenoxy) is 3. The fourth-order valence-corrected chi connectivity index (χ4v) is 4.72. The Labute approximate surface area is 240 Å². The first-order valence-corrected chi connectivity index (χ1v) is 13.1. The number of nitro groups is 1. The van der Waals surface area contributed by atoms with E-state index < -0.39 is 39.2 Å². The van der Waals surface area contributed by atoms with Gasteiger partial charge in [0.15, 0.2) is 11.5 Å². The molecule has 0 unspecified atom stereocenters. The zero-order valence-corrected chi connectivity index (χ0v) is 22.7. The third kappa shape index (κ3) is 7.11. The highest BCUT2D eigenvalue weighted by Crippen LogP contribution is 2.41. The van der Waals surface area contributed by atoms with Crippen LogP contribution in [0.5, 0.6) is 23.0 Å². The lowest BCUT2D eigenvalue weighted by Crippen LogP contribution is -2.32. The van der Waals surface area contributed by atoms with Gasteiger partial charge in [-0.15, -0.1) is 0 Å². The van der Waals surface area contributed by atoms with Gasteiger partial charge in [0.2, 0.25) is 5.75 Å². The molecule has 0 radical (unpaired) electrons. The lowest BCUT2D eigenvalue weighted by molar-refractivity contribution is -0.385. The van der Waals surface area contributed by atoms with E-state index in [1.54, 1.807) is 31.2 Å². The van der Waals surface area contributed by atoms with Crippen LogP contribution in [0, 0.1) is 10.1 Å². The summed E-state index contributed by atoms with van der Waals surface area (Å²) in [5, 5.41) is 11.3. The minimum Gasteiger partial charge on any atom is -0.490 e. The van der Waals surface area contributed by atoms with Crippen LogP contribution in [0.2, 0.25) is 5.02 Å². The monoisotopic (exact) mass is 608 g/mol. The third-order valence-corrected chi connectivity index (χ3v) is 6.77. The molecule has 0 saturated carbocycles. The van der Waals surface area contributed by atoms with Gasteiger partial charge in [-0.05, 0) is 66.7 Å². The number of benzene rings is 3. The molecule has 0 atom stereocenters. The smallest absolute Gasteiger partial charge is 0.416 e. The second-order valence-electron chi connectivity index (χ2n) is 8.29. The summed E-state index contributed by atoms with van der Waals surface area (Å²) in [6.07, 6.45) is -3.31. The molecule has 14 heteroatoms. The van der Waals surface area contributed by atoms with Gasteiger partial charge in [-0.1, -0.05) is 29.8 Å². The molecule has 0 aliphatic carbocycles. The van der Waals surface area contributed by atoms with Crippen molar-refractivity contribution in [2.75, 3.05) is 19.8 Å². The number of rotatable bonds is 10. The van der Waals surface area contributed by atoms with Crippen molar-refractivity contribution in [1.29, 1.82) is 0 Å². The number of carbonyl (C=O) groups excluding carboxylic acids is 2. The number of nitrogens with zero attached hydrogens (tertiary/aromatic N) is 2. The van der Waals surface area contributed by atoms with E-state index >= 15 is 0 Å². The fourth-order valence-electron chi connectivity index (χ4n) is 3.66. The Morgan fingerprint density at radius 1 is 1.00 bits per heavy atom. The van der Waals surface area contributed by atoms with Gasteiger partial charge >= 0.3 is 11.9 Å². The lowest BCUT2D eigenvalue weighted by atomic mass is 10.1. The number of hydrogen-bond acceptors (Lipinski definition) is 8. The average molecular weight is 609 g/mol. The van der Waals surface area contributed by atoms with Crippen LogP contribution in [0.25, 0.3) is 6.08 Å². The first-order chi connectivity index (χ1) is 19.5. The summed E-state index contributed by atoms with van der Waals surface area (Å²) in [4.78, 5) is 37.0. The molecule has 3 aromatic carbocycles. The first-order valence-electron chi connectivity index (χ1n) is 11.9. The predicted molar refractivity (Wildman–Crippen MR) is 145 cm³/mol. The highest BCUT2D eigenvalue weighted by molar-refractivity contribution is 8.18. The first kappa shape index (κ1) is 29.7. The molecule has 2 amide bonds. The molecule has 41 heavy (non-hydrogen) atoms. The molecule has 1 fully saturated rings. The van der Waals surface area contributed by atoms with Crippen molar-refractivity contribution < 1.29 is 41.9 Å². The van der Waals surface area contributed by atoms with Gasteiger partial charge < -0.3 is 14.2 Å². The third-order valence-electron chi connectivity index (χ3n) is 5.55. The van der Waals surface area contributed by atoms with Crippen LogP contribution < -0.4 is 14.2 Å². The van der Waals surface area contributed by atoms with Crippen LogP contribution in [0.15, 0.2) is 65.6 Å². The van der Waals surface area contributed by atoms with E-state index in [1.807, 2.05) is 0 Å². The number of amides is 2. The molecule has 4 rings (SSSR count). The van der Waals surface area contributed by atoms with Gasteiger partial charge in [0.05, 0.1) is 33.6 Å². The van der Waals surface area contributed by atoms with Crippen molar-refractivity contribution in [3.63, 3.8) is 0 Å². The number of hydrogen-bond donors (Lipinski definition) is 0. The zero-order valence-electron chi connectivity index (χ0n) is 21.1. The number of carbonyl (C=O) groups is 2. The molecule has 1 saturated heterocycles. The van der Waals surface area contributed by atoms with Crippen molar-refractivity contribution in [3.05, 3.63) is 91.8 Å². The Bertz CT molecular complexity index is 1530. The maximum atomic E-state index is 13.0. The van der Waals surface area contributed by atoms with E-state index in [2.05, 4.69) is 0 Å². The Morgan fingerprint density at radius 3 is 2.41 bits per heavy atom. The molecular weight excluding hydrogens is 589 g/mol. The summed E-state index contributed by atoms with van der Waals surface area (Å²) < 4.78 is 55.8. The second-order valence-corrected chi connectivity index (χ2v) is 9.69. The summed E-state index contributed by atoms with van der Waals surface area (Å²) in [7, 11) is 0. The number of imide groups is 1. The number of alkyl halides is 3. The molecular formula is C27H20ClF3N2O7S. The van der Waals surface area contributed by atoms with Crippen molar-refractivity contribution in [3.8, 4) is 23.0 Å². The van der Waals surface area contributed by atoms with Gasteiger partial charge in [-0.25, -0.2) is 0 Å². The summed E-state index contributed by atoms with van der Waals surface area (Å²) in [6, 6.07) is 13.1. The molecule has 1 heterocycles. The van der Waals surface area contributed by atoms with Crippen LogP contribution in [-0.2, 0) is 11.0 Å². The predicted octanol–water partition coefficient (Wildman–Crippen LogP) is 7.57. The van der Waals surface area contributed by atoms with Crippen molar-refractivity contribution in [2.45, 2.75) is 13.1 Å². The standard InChI is InChI=1S/C27H20ClF3N2O7S/c1-2-38-23-13-16(7-9-22(23)40-21-10-8-17(27(29,30)31)15-19(21)33(36)37)14-24-25(34)32(26(35)41-24)11-12-39-20-6-4-3-5-18(20)28/h3-10,13-15H,2,11-12H2,1H3/b24-14-. The second kappa shape index (κ2) is 12.5. The molecule has 214 valence electrons. The Balaban J connectivity index is 1.52. The van der Waals surface area contributed by atoms with E-state index in [9.17, 15) is 32.9 Å². The molecule has 9 nitrogen and oxygen atoms in total. The van der Waals surface area contributed by atoms with Gasteiger partial charge in [-0.2, -0.15) is 13.2 Å². The zero-order chi connectivity index (χ0) is 29.7. The molecule has 3 aromatic rings. The van der Waals surface area contributed by atoms with E-state index in [1.165, 1.54) is 24.3 Å². The van der Waals surface area contributed by atoms with Crippen LogP contribution in [0.4, 0.5) is 23.7 Å². The lowest BCUT2D eigenvalue weighted by Gasteiger charge is -2.14. The van der Waals surface area contributed by atoms with Crippen molar-refractivity contribution in [2.24, 2.45) is 0 Å². The van der Waals surface area contributed by atoms with E-state index in [0.717, 1.165) is 22.7 Å². The molecule has 0 bridgehead atoms. The van der Waals surface area contributed by atoms with Crippen LogP contribution >= 0.6 is 23.4 Å². The maximum absolute atomic E-state index is 13.0. The molecule has 1 aliphatic rings. The summed E-state index contributed by atoms with van der Waals surface area (Å²) in [5.41, 5.74) is -1.62. The molecule has 0 spiro atoms. The summed E-state index contributed by atoms with van der Waals surface area (Å²) in [5.74, 6) is -0.415. The average Bonchev–Trinajstić information content (AvgIpc) is 3.18. The van der Waals surface area contributed by atoms with E-state index in [-0.39, 0.29) is 36.2 Å². The minimum absolute atomic E-state index is 0.00307. The fraction of sp³-hybridized carbons (Fsp3) is 0.185. The van der Waals surface area contributed by atoms with Gasteiger partial charge in [-0.3, -0.25) is 24.6 Å². The molecule has 0 aromatic heterocycles. The number of halogens is 4. The Morgan fingerprint density at radius 2 is 1.73 bits per heavy atom. The summed E-state index contributed by atoms with van der Waals surface area (Å²) >= 11 is 6.79. The molecule has 1 aliphatic heterocycles. The van der Waals surface area contributed by atoms with E-state index in [4.69, 9.17) is 25.8 Å². The van der Waals surface area contributed by atoms with Crippen LogP contribution in [0.3, 0.4) is 0 Å². The number of para-hydroxylation sites is 1. The Hall–Kier alpha value is -4.23. The number of thioether (sulfide) groups is 1. The van der Waals surface area contributed by atoms with Crippen LogP contribution in [-0.4, -0.2) is 40.7 Å². The quantitative estimate of drug-likeness (QED) is 0.132. The molecule has 0 N–H and O–H groups in total. The SMILES string of the molecule is CCOc1cc(/C=C2\SC(=O)N(CCOc3ccccc3Cl)C2=O)ccc1Oc1ccc(C(F)(F)F)cc1[N+](=O)[O-]. The topological polar surface area (TPSA) is 108 Å². The highest BCUT2D eigenvalue weighted by Gasteiger charge is 2.35. The van der Waals surface area contributed by atoms with Gasteiger partial charge in [0.1, 0.15) is 12.4 Å². The normalized spacial score (nSPS) is 14.5. The Kier molecular flexibility index (Phi) is 9.08. The number of nitro benzene ring substituents is 1. The minimum atomic E-state index is -4.77. The van der Waals surface area contributed by atoms with Crippen molar-refractivity contribution >= 4 is 46.3 Å². The highest BCUT2D eigenvalue weighted by atomic mass is 35.5. The van der Waals surface area contributed by atoms with Crippen molar-refractivity contribution in [1.82, 2.24) is 4.90 Å². The maximum Gasteiger partial charge on any atom is 0.416 e. The van der Waals surface area contributed by atoms with Crippen LogP contribution in [0.1, 0.15) is 18.1 Å². The van der Waals surface area contributed by atoms with E-state index in [0.29, 0.717) is 28.5 Å².